The fourth-order valence-electron chi connectivity index (χ4n) is 9.23. The zero-order valence-corrected chi connectivity index (χ0v) is 34.2. The molecule has 3 aliphatic rings. The molecule has 4 unspecified atom stereocenters. The number of ketones is 1. The summed E-state index contributed by atoms with van der Waals surface area (Å²) in [5.41, 5.74) is 2.70. The Morgan fingerprint density at radius 1 is 0.966 bits per heavy atom. The zero-order chi connectivity index (χ0) is 41.0. The molecule has 2 bridgehead atoms. The third-order valence-electron chi connectivity index (χ3n) is 12.7. The second-order valence-electron chi connectivity index (χ2n) is 16.4. The highest BCUT2D eigenvalue weighted by atomic mass is 35.5. The van der Waals surface area contributed by atoms with Crippen molar-refractivity contribution >= 4 is 39.9 Å². The molecular formula is C49H52ClFN2O5. The number of carbonyl (C=O) groups is 2. The summed E-state index contributed by atoms with van der Waals surface area (Å²) < 4.78 is 20.4. The number of ether oxygens (including phenoxy) is 1. The number of nitrogens with one attached hydrogen (secondary N) is 1. The number of carbonyl (C=O) groups excluding carboxylic acids is 2. The number of hydrogen-bond acceptors (Lipinski definition) is 5. The third kappa shape index (κ3) is 8.70. The molecule has 9 heteroatoms. The van der Waals surface area contributed by atoms with Crippen LogP contribution in [-0.2, 0) is 19.4 Å². The Morgan fingerprint density at radius 3 is 2.50 bits per heavy atom. The summed E-state index contributed by atoms with van der Waals surface area (Å²) in [6.07, 6.45) is 5.18. The number of aliphatic hydroxyl groups excluding tert-OH is 1. The molecule has 3 N–H and O–H groups in total. The second kappa shape index (κ2) is 17.5. The van der Waals surface area contributed by atoms with E-state index in [1.165, 1.54) is 17.7 Å². The maximum Gasteiger partial charge on any atom is 0.322 e. The van der Waals surface area contributed by atoms with Gasteiger partial charge < -0.3 is 25.2 Å². The van der Waals surface area contributed by atoms with Gasteiger partial charge in [-0.2, -0.15) is 0 Å². The first kappa shape index (κ1) is 41.2. The number of anilines is 1. The van der Waals surface area contributed by atoms with Gasteiger partial charge in [-0.3, -0.25) is 4.79 Å². The predicted molar refractivity (Wildman–Crippen MR) is 229 cm³/mol. The van der Waals surface area contributed by atoms with Crippen LogP contribution >= 0.6 is 11.6 Å². The fourth-order valence-corrected chi connectivity index (χ4v) is 9.46. The fraction of sp³-hybridized carbons (Fsp3) is 0.347. The second-order valence-corrected chi connectivity index (χ2v) is 16.8. The van der Waals surface area contributed by atoms with Crippen molar-refractivity contribution in [3.05, 3.63) is 153 Å². The Kier molecular flexibility index (Phi) is 12.4. The number of Topliss-reactive ketones (excluding diaryl/α,β-unsaturated/α-hetero) is 1. The minimum atomic E-state index is -1.37. The largest absolute Gasteiger partial charge is 0.497 e. The van der Waals surface area contributed by atoms with Crippen molar-refractivity contribution in [1.29, 1.82) is 0 Å². The maximum atomic E-state index is 15.1. The molecule has 0 aliphatic heterocycles. The zero-order valence-electron chi connectivity index (χ0n) is 33.4. The normalized spacial score (nSPS) is 22.2. The van der Waals surface area contributed by atoms with E-state index in [1.54, 1.807) is 42.3 Å². The van der Waals surface area contributed by atoms with E-state index in [2.05, 4.69) is 25.2 Å². The van der Waals surface area contributed by atoms with Gasteiger partial charge in [0.15, 0.2) is 5.78 Å². The quantitative estimate of drug-likeness (QED) is 0.102. The molecule has 5 aromatic carbocycles. The number of nitrogens with zero attached hydrogens (tertiary/aromatic N) is 1. The lowest BCUT2D eigenvalue weighted by molar-refractivity contribution is -0.0773. The van der Waals surface area contributed by atoms with Crippen molar-refractivity contribution < 1.29 is 28.9 Å². The van der Waals surface area contributed by atoms with Crippen molar-refractivity contribution in [3.8, 4) is 5.75 Å². The molecule has 4 atom stereocenters. The number of rotatable bonds is 9. The van der Waals surface area contributed by atoms with Gasteiger partial charge in [0.25, 0.3) is 0 Å². The number of halogens is 2. The van der Waals surface area contributed by atoms with Crippen LogP contribution in [0.1, 0.15) is 90.9 Å². The lowest BCUT2D eigenvalue weighted by Gasteiger charge is -2.46. The van der Waals surface area contributed by atoms with E-state index >= 15 is 4.39 Å². The Labute approximate surface area is 345 Å². The smallest absolute Gasteiger partial charge is 0.322 e. The molecular weight excluding hydrogens is 751 g/mol. The first-order valence-corrected chi connectivity index (χ1v) is 20.6. The van der Waals surface area contributed by atoms with Crippen molar-refractivity contribution in [3.63, 3.8) is 0 Å². The molecule has 0 radical (unpaired) electrons. The van der Waals surface area contributed by atoms with E-state index in [-0.39, 0.29) is 47.8 Å². The lowest BCUT2D eigenvalue weighted by atomic mass is 9.64. The molecule has 0 aromatic heterocycles. The number of methoxy groups -OCH3 is 1. The molecule has 0 saturated heterocycles. The van der Waals surface area contributed by atoms with E-state index < -0.39 is 22.9 Å². The van der Waals surface area contributed by atoms with Crippen molar-refractivity contribution in [2.24, 2.45) is 5.41 Å². The molecule has 7 nitrogen and oxygen atoms in total. The van der Waals surface area contributed by atoms with Gasteiger partial charge in [0, 0.05) is 40.2 Å². The Morgan fingerprint density at radius 2 is 1.72 bits per heavy atom. The molecule has 0 heterocycles. The lowest BCUT2D eigenvalue weighted by Crippen LogP contribution is -2.54. The summed E-state index contributed by atoms with van der Waals surface area (Å²) in [5, 5.41) is 29.6. The number of urea groups is 1. The van der Waals surface area contributed by atoms with Crippen molar-refractivity contribution in [1.82, 2.24) is 4.90 Å². The van der Waals surface area contributed by atoms with Crippen molar-refractivity contribution in [2.75, 3.05) is 19.0 Å². The number of benzene rings is 5. The summed E-state index contributed by atoms with van der Waals surface area (Å²) in [4.78, 5) is 30.6. The molecule has 58 heavy (non-hydrogen) atoms. The highest BCUT2D eigenvalue weighted by molar-refractivity contribution is 6.31. The van der Waals surface area contributed by atoms with Gasteiger partial charge in [-0.1, -0.05) is 90.8 Å². The average molecular weight is 803 g/mol. The Bertz CT molecular complexity index is 2300. The third-order valence-corrected chi connectivity index (χ3v) is 13.0. The van der Waals surface area contributed by atoms with Crippen LogP contribution in [0.2, 0.25) is 5.02 Å². The minimum absolute atomic E-state index is 0.0340. The van der Waals surface area contributed by atoms with E-state index in [1.807, 2.05) is 60.7 Å². The van der Waals surface area contributed by atoms with Crippen LogP contribution in [0.5, 0.6) is 5.75 Å². The average Bonchev–Trinajstić information content (AvgIpc) is 3.46. The molecule has 1 saturated carbocycles. The van der Waals surface area contributed by atoms with Crippen LogP contribution in [0.3, 0.4) is 0 Å². The van der Waals surface area contributed by atoms with Crippen LogP contribution in [-0.4, -0.2) is 52.3 Å². The Hall–Kier alpha value is -5.02. The summed E-state index contributed by atoms with van der Waals surface area (Å²) in [7, 11) is 1.59. The predicted octanol–water partition coefficient (Wildman–Crippen LogP) is 10.8. The summed E-state index contributed by atoms with van der Waals surface area (Å²) in [6.45, 7) is 4.45. The van der Waals surface area contributed by atoms with Crippen molar-refractivity contribution in [2.45, 2.75) is 89.4 Å². The van der Waals surface area contributed by atoms with Gasteiger partial charge in [0.05, 0.1) is 25.4 Å². The first-order chi connectivity index (χ1) is 27.9. The highest BCUT2D eigenvalue weighted by Gasteiger charge is 2.57. The van der Waals surface area contributed by atoms with Crippen LogP contribution in [0.25, 0.3) is 10.8 Å². The molecule has 5 aromatic rings. The first-order valence-electron chi connectivity index (χ1n) is 20.2. The Balaban J connectivity index is 1.30. The van der Waals surface area contributed by atoms with Gasteiger partial charge in [-0.05, 0) is 128 Å². The highest BCUT2D eigenvalue weighted by Crippen LogP contribution is 2.59. The number of hydrogen-bond donors (Lipinski definition) is 3. The molecule has 8 rings (SSSR count). The number of amides is 2. The maximum absolute atomic E-state index is 15.1. The SMILES string of the molecule is COc1ccc(NC(=O)N(Cc2cccc3ccccc23)CC2(O)CCC3c4ccc(cc4C(=O)Cc4c(F)cccc4Cl)CC(O)CCC(C)=CCCC32C)cc1. The van der Waals surface area contributed by atoms with Gasteiger partial charge >= 0.3 is 6.03 Å². The van der Waals surface area contributed by atoms with E-state index in [0.717, 1.165) is 27.5 Å². The van der Waals surface area contributed by atoms with Gasteiger partial charge in [-0.15, -0.1) is 0 Å². The van der Waals surface area contributed by atoms with Gasteiger partial charge in [-0.25, -0.2) is 9.18 Å². The van der Waals surface area contributed by atoms with E-state index in [4.69, 9.17) is 16.3 Å². The molecule has 302 valence electrons. The molecule has 0 spiro atoms. The topological polar surface area (TPSA) is 99.1 Å². The van der Waals surface area contributed by atoms with E-state index in [0.29, 0.717) is 61.9 Å². The minimum Gasteiger partial charge on any atom is -0.497 e. The van der Waals surface area contributed by atoms with E-state index in [9.17, 15) is 19.8 Å². The molecule has 3 aliphatic carbocycles. The summed E-state index contributed by atoms with van der Waals surface area (Å²) in [5.74, 6) is -0.442. The summed E-state index contributed by atoms with van der Waals surface area (Å²) in [6, 6.07) is 31.1. The standard InChI is InChI=1S/C49H52ClFN2O5/c1-32-9-8-25-48(2)43(40-23-17-33(27-37(54)20-16-32)28-41(40)46(55)29-42-44(50)14-7-15-45(42)51)24-26-49(48,57)31-53(47(56)52-36-18-21-38(58-3)22-19-36)30-35-12-6-11-34-10-4-5-13-39(34)35/h4-7,9-15,17-19,21-23,28,37,43,54,57H,8,16,20,24-27,29-31H2,1-3H3,(H,52,56). The van der Waals surface area contributed by atoms with Crippen LogP contribution in [0, 0.1) is 11.2 Å². The van der Waals surface area contributed by atoms with Gasteiger partial charge in [0.2, 0.25) is 0 Å². The number of fused-ring (bicyclic) bond motifs is 9. The number of allylic oxidation sites excluding steroid dienone is 2. The van der Waals surface area contributed by atoms with Crippen LogP contribution in [0.4, 0.5) is 14.9 Å². The number of aliphatic hydroxyl groups is 2. The van der Waals surface area contributed by atoms with Crippen LogP contribution < -0.4 is 10.1 Å². The molecule has 1 fully saturated rings. The van der Waals surface area contributed by atoms with Gasteiger partial charge in [0.1, 0.15) is 11.6 Å². The van der Waals surface area contributed by atoms with Crippen LogP contribution in [0.15, 0.2) is 115 Å². The monoisotopic (exact) mass is 802 g/mol. The molecule has 2 amide bonds. The summed E-state index contributed by atoms with van der Waals surface area (Å²) >= 11 is 6.43.